The second-order valence-electron chi connectivity index (χ2n) is 4.33. The van der Waals surface area contributed by atoms with Crippen molar-refractivity contribution in [3.05, 3.63) is 36.0 Å². The van der Waals surface area contributed by atoms with Gasteiger partial charge in [0.1, 0.15) is 0 Å². The van der Waals surface area contributed by atoms with Crippen LogP contribution in [0.2, 0.25) is 0 Å². The molecule has 0 amide bonds. The fourth-order valence-electron chi connectivity index (χ4n) is 2.02. The van der Waals surface area contributed by atoms with E-state index in [-0.39, 0.29) is 0 Å². The Labute approximate surface area is 111 Å². The number of H-pyrrole nitrogens is 1. The van der Waals surface area contributed by atoms with Crippen LogP contribution < -0.4 is 5.32 Å². The maximum Gasteiger partial charge on any atom is 0.176 e. The summed E-state index contributed by atoms with van der Waals surface area (Å²) in [5.74, 6) is 0.717. The lowest BCUT2D eigenvalue weighted by atomic mass is 10.1. The molecule has 0 fully saturated rings. The van der Waals surface area contributed by atoms with Crippen molar-refractivity contribution in [1.82, 2.24) is 20.2 Å². The predicted octanol–water partition coefficient (Wildman–Crippen LogP) is 2.62. The zero-order valence-corrected chi connectivity index (χ0v) is 10.9. The lowest BCUT2D eigenvalue weighted by Gasteiger charge is -2.02. The molecule has 2 N–H and O–H groups in total. The van der Waals surface area contributed by atoms with E-state index in [1.165, 1.54) is 5.56 Å². The molecule has 5 nitrogen and oxygen atoms in total. The zero-order chi connectivity index (χ0) is 13.2. The summed E-state index contributed by atoms with van der Waals surface area (Å²) >= 11 is 0. The Balaban J connectivity index is 2.08. The maximum atomic E-state index is 4.61. The van der Waals surface area contributed by atoms with E-state index in [9.17, 15) is 0 Å². The van der Waals surface area contributed by atoms with Crippen LogP contribution >= 0.6 is 0 Å². The Morgan fingerprint density at radius 3 is 2.68 bits per heavy atom. The van der Waals surface area contributed by atoms with Gasteiger partial charge in [-0.25, -0.2) is 9.97 Å². The molecule has 5 heteroatoms. The number of hydrogen-bond donors (Lipinski definition) is 2. The SMILES string of the molecule is CCc1ccc(-c2cnc3[nH]nc(NC)c3n2)cc1. The van der Waals surface area contributed by atoms with Crippen LogP contribution in [0, 0.1) is 0 Å². The van der Waals surface area contributed by atoms with Crippen molar-refractivity contribution in [2.24, 2.45) is 0 Å². The first-order valence-electron chi connectivity index (χ1n) is 6.30. The van der Waals surface area contributed by atoms with Crippen LogP contribution in [0.15, 0.2) is 30.5 Å². The van der Waals surface area contributed by atoms with E-state index in [1.54, 1.807) is 6.20 Å². The molecular weight excluding hydrogens is 238 g/mol. The van der Waals surface area contributed by atoms with Crippen LogP contribution in [0.25, 0.3) is 22.4 Å². The Bertz CT molecular complexity index is 699. The Morgan fingerprint density at radius 2 is 2.00 bits per heavy atom. The normalized spacial score (nSPS) is 10.8. The third-order valence-electron chi connectivity index (χ3n) is 3.17. The predicted molar refractivity (Wildman–Crippen MR) is 76.0 cm³/mol. The second-order valence-corrected chi connectivity index (χ2v) is 4.33. The summed E-state index contributed by atoms with van der Waals surface area (Å²) in [6, 6.07) is 8.40. The van der Waals surface area contributed by atoms with Crippen molar-refractivity contribution >= 4 is 17.0 Å². The third-order valence-corrected chi connectivity index (χ3v) is 3.17. The van der Waals surface area contributed by atoms with Crippen LogP contribution in [0.1, 0.15) is 12.5 Å². The molecule has 0 aliphatic carbocycles. The molecule has 0 aliphatic rings. The number of fused-ring (bicyclic) bond motifs is 1. The van der Waals surface area contributed by atoms with Gasteiger partial charge in [-0.05, 0) is 12.0 Å². The molecule has 3 rings (SSSR count). The van der Waals surface area contributed by atoms with Crippen molar-refractivity contribution in [3.8, 4) is 11.3 Å². The van der Waals surface area contributed by atoms with Gasteiger partial charge in [-0.3, -0.25) is 5.10 Å². The number of aryl methyl sites for hydroxylation is 1. The molecule has 0 unspecified atom stereocenters. The van der Waals surface area contributed by atoms with E-state index in [1.807, 2.05) is 7.05 Å². The van der Waals surface area contributed by atoms with Crippen LogP contribution in [0.5, 0.6) is 0 Å². The highest BCUT2D eigenvalue weighted by Gasteiger charge is 2.08. The van der Waals surface area contributed by atoms with E-state index in [4.69, 9.17) is 0 Å². The van der Waals surface area contributed by atoms with Crippen LogP contribution in [0.3, 0.4) is 0 Å². The van der Waals surface area contributed by atoms with Crippen molar-refractivity contribution in [3.63, 3.8) is 0 Å². The second kappa shape index (κ2) is 4.68. The summed E-state index contributed by atoms with van der Waals surface area (Å²) in [6.45, 7) is 2.14. The smallest absolute Gasteiger partial charge is 0.176 e. The van der Waals surface area contributed by atoms with E-state index < -0.39 is 0 Å². The number of rotatable bonds is 3. The van der Waals surface area contributed by atoms with Crippen LogP contribution in [-0.4, -0.2) is 27.2 Å². The first-order chi connectivity index (χ1) is 9.31. The largest absolute Gasteiger partial charge is 0.370 e. The van der Waals surface area contributed by atoms with Gasteiger partial charge in [0.05, 0.1) is 11.9 Å². The molecule has 3 aromatic rings. The summed E-state index contributed by atoms with van der Waals surface area (Å²) in [5, 5.41) is 9.97. The van der Waals surface area contributed by atoms with E-state index in [0.29, 0.717) is 5.65 Å². The van der Waals surface area contributed by atoms with Gasteiger partial charge in [0.15, 0.2) is 17.0 Å². The molecule has 0 bridgehead atoms. The molecule has 0 saturated carbocycles. The molecular formula is C14H15N5. The number of aromatic nitrogens is 4. The monoisotopic (exact) mass is 253 g/mol. The molecule has 0 spiro atoms. The summed E-state index contributed by atoms with van der Waals surface area (Å²) < 4.78 is 0. The van der Waals surface area contributed by atoms with Crippen molar-refractivity contribution in [1.29, 1.82) is 0 Å². The lowest BCUT2D eigenvalue weighted by Crippen LogP contribution is -1.92. The van der Waals surface area contributed by atoms with Gasteiger partial charge >= 0.3 is 0 Å². The number of benzene rings is 1. The average Bonchev–Trinajstić information content (AvgIpc) is 2.89. The standard InChI is InChI=1S/C14H15N5/c1-3-9-4-6-10(7-5-9)11-8-16-14-12(17-11)13(15-2)18-19-14/h4-8H,3H2,1-2H3,(H2,15,16,18,19). The summed E-state index contributed by atoms with van der Waals surface area (Å²) in [7, 11) is 1.82. The van der Waals surface area contributed by atoms with Crippen molar-refractivity contribution in [2.45, 2.75) is 13.3 Å². The van der Waals surface area contributed by atoms with Crippen LogP contribution in [0.4, 0.5) is 5.82 Å². The summed E-state index contributed by atoms with van der Waals surface area (Å²) in [4.78, 5) is 8.96. The number of anilines is 1. The number of hydrogen-bond acceptors (Lipinski definition) is 4. The highest BCUT2D eigenvalue weighted by molar-refractivity contribution is 5.84. The fraction of sp³-hybridized carbons (Fsp3) is 0.214. The average molecular weight is 253 g/mol. The van der Waals surface area contributed by atoms with Gasteiger partial charge in [-0.1, -0.05) is 31.2 Å². The quantitative estimate of drug-likeness (QED) is 0.753. The molecule has 1 aromatic carbocycles. The zero-order valence-electron chi connectivity index (χ0n) is 10.9. The lowest BCUT2D eigenvalue weighted by molar-refractivity contribution is 1.09. The summed E-state index contributed by atoms with van der Waals surface area (Å²) in [6.07, 6.45) is 2.80. The van der Waals surface area contributed by atoms with Gasteiger partial charge in [0.2, 0.25) is 0 Å². The molecule has 0 radical (unpaired) electrons. The number of aromatic amines is 1. The van der Waals surface area contributed by atoms with Crippen molar-refractivity contribution < 1.29 is 0 Å². The molecule has 0 atom stereocenters. The Morgan fingerprint density at radius 1 is 1.21 bits per heavy atom. The highest BCUT2D eigenvalue weighted by Crippen LogP contribution is 2.22. The number of nitrogens with one attached hydrogen (secondary N) is 2. The molecule has 0 aliphatic heterocycles. The van der Waals surface area contributed by atoms with Gasteiger partial charge in [-0.2, -0.15) is 5.10 Å². The molecule has 2 heterocycles. The third kappa shape index (κ3) is 2.03. The van der Waals surface area contributed by atoms with Gasteiger partial charge in [-0.15, -0.1) is 0 Å². The minimum absolute atomic E-state index is 0.693. The Kier molecular flexibility index (Phi) is 2.87. The molecule has 0 saturated heterocycles. The van der Waals surface area contributed by atoms with Crippen molar-refractivity contribution in [2.75, 3.05) is 12.4 Å². The first kappa shape index (κ1) is 11.6. The van der Waals surface area contributed by atoms with E-state index >= 15 is 0 Å². The maximum absolute atomic E-state index is 4.61. The van der Waals surface area contributed by atoms with Gasteiger partial charge < -0.3 is 5.32 Å². The minimum Gasteiger partial charge on any atom is -0.370 e. The number of nitrogens with zero attached hydrogens (tertiary/aromatic N) is 3. The first-order valence-corrected chi connectivity index (χ1v) is 6.30. The van der Waals surface area contributed by atoms with E-state index in [2.05, 4.69) is 56.7 Å². The molecule has 19 heavy (non-hydrogen) atoms. The molecule has 96 valence electrons. The van der Waals surface area contributed by atoms with Gasteiger partial charge in [0, 0.05) is 12.6 Å². The van der Waals surface area contributed by atoms with Crippen LogP contribution in [-0.2, 0) is 6.42 Å². The topological polar surface area (TPSA) is 66.5 Å². The van der Waals surface area contributed by atoms with Gasteiger partial charge in [0.25, 0.3) is 0 Å². The highest BCUT2D eigenvalue weighted by atomic mass is 15.2. The molecule has 2 aromatic heterocycles. The fourth-order valence-corrected chi connectivity index (χ4v) is 2.02. The summed E-state index contributed by atoms with van der Waals surface area (Å²) in [5.41, 5.74) is 4.69. The Hall–Kier alpha value is -2.43. The minimum atomic E-state index is 0.693. The van der Waals surface area contributed by atoms with E-state index in [0.717, 1.165) is 29.0 Å².